The molecule has 0 aliphatic carbocycles. The van der Waals surface area contributed by atoms with E-state index in [1.54, 1.807) is 6.07 Å². The van der Waals surface area contributed by atoms with Crippen LogP contribution in [0.4, 0.5) is 4.79 Å². The minimum atomic E-state index is -1.14. The van der Waals surface area contributed by atoms with Crippen LogP contribution in [-0.4, -0.2) is 57.0 Å². The van der Waals surface area contributed by atoms with E-state index in [-0.39, 0.29) is 0 Å². The zero-order valence-electron chi connectivity index (χ0n) is 15.4. The molecule has 26 heavy (non-hydrogen) atoms. The molecule has 0 bridgehead atoms. The van der Waals surface area contributed by atoms with Crippen molar-refractivity contribution < 1.29 is 28.5 Å². The van der Waals surface area contributed by atoms with Gasteiger partial charge in [-0.05, 0) is 12.0 Å². The van der Waals surface area contributed by atoms with E-state index in [1.165, 1.54) is 7.11 Å². The van der Waals surface area contributed by atoms with Crippen molar-refractivity contribution in [2.45, 2.75) is 32.4 Å². The van der Waals surface area contributed by atoms with Crippen LogP contribution in [-0.2, 0) is 30.3 Å². The number of nitrogens with zero attached hydrogens (tertiary/aromatic N) is 1. The molecule has 7 heteroatoms. The van der Waals surface area contributed by atoms with Gasteiger partial charge >= 0.3 is 12.1 Å². The highest BCUT2D eigenvalue weighted by atomic mass is 16.7. The average molecular weight is 365 g/mol. The van der Waals surface area contributed by atoms with Gasteiger partial charge in [0.25, 0.3) is 0 Å². The maximum absolute atomic E-state index is 12.5. The zero-order chi connectivity index (χ0) is 18.8. The molecule has 1 aromatic carbocycles. The highest BCUT2D eigenvalue weighted by Crippen LogP contribution is 2.25. The molecule has 0 radical (unpaired) electrons. The Bertz CT molecular complexity index is 585. The number of methoxy groups -OCH3 is 1. The minimum Gasteiger partial charge on any atom is -0.463 e. The Kier molecular flexibility index (Phi) is 8.37. The SMILES string of the molecule is CCCCOC(=O)C(OC(=O)OC)c1ccccc1CN1CCOCC1. The number of esters is 1. The second kappa shape index (κ2) is 10.8. The second-order valence-corrected chi connectivity index (χ2v) is 6.06. The monoisotopic (exact) mass is 365 g/mol. The van der Waals surface area contributed by atoms with E-state index in [1.807, 2.05) is 25.1 Å². The van der Waals surface area contributed by atoms with Crippen molar-refractivity contribution in [1.29, 1.82) is 0 Å². The third-order valence-corrected chi connectivity index (χ3v) is 4.17. The predicted octanol–water partition coefficient (Wildman–Crippen LogP) is 2.69. The lowest BCUT2D eigenvalue weighted by Crippen LogP contribution is -2.36. The Morgan fingerprint density at radius 3 is 2.65 bits per heavy atom. The number of rotatable bonds is 8. The van der Waals surface area contributed by atoms with E-state index in [9.17, 15) is 9.59 Å². The Morgan fingerprint density at radius 2 is 1.96 bits per heavy atom. The molecular weight excluding hydrogens is 338 g/mol. The molecule has 1 unspecified atom stereocenters. The molecule has 1 aromatic rings. The average Bonchev–Trinajstić information content (AvgIpc) is 2.67. The second-order valence-electron chi connectivity index (χ2n) is 6.06. The van der Waals surface area contributed by atoms with Crippen molar-refractivity contribution in [3.8, 4) is 0 Å². The fourth-order valence-corrected chi connectivity index (χ4v) is 2.71. The number of unbranched alkanes of at least 4 members (excludes halogenated alkanes) is 1. The Labute approximate surface area is 154 Å². The maximum Gasteiger partial charge on any atom is 0.509 e. The van der Waals surface area contributed by atoms with Crippen molar-refractivity contribution >= 4 is 12.1 Å². The molecule has 0 N–H and O–H groups in total. The number of ether oxygens (including phenoxy) is 4. The summed E-state index contributed by atoms with van der Waals surface area (Å²) < 4.78 is 20.5. The molecule has 144 valence electrons. The summed E-state index contributed by atoms with van der Waals surface area (Å²) in [6.07, 6.45) is -0.393. The van der Waals surface area contributed by atoms with E-state index in [0.717, 1.165) is 31.5 Å². The molecular formula is C19H27NO6. The predicted molar refractivity (Wildman–Crippen MR) is 94.6 cm³/mol. The number of hydrogen-bond acceptors (Lipinski definition) is 7. The summed E-state index contributed by atoms with van der Waals surface area (Å²) in [6.45, 7) is 5.95. The Morgan fingerprint density at radius 1 is 1.23 bits per heavy atom. The fourth-order valence-electron chi connectivity index (χ4n) is 2.71. The first-order chi connectivity index (χ1) is 12.7. The molecule has 2 rings (SSSR count). The number of benzene rings is 1. The van der Waals surface area contributed by atoms with Crippen LogP contribution in [0.15, 0.2) is 24.3 Å². The molecule has 1 heterocycles. The lowest BCUT2D eigenvalue weighted by Gasteiger charge is -2.28. The number of morpholine rings is 1. The van der Waals surface area contributed by atoms with Crippen LogP contribution in [0, 0.1) is 0 Å². The van der Waals surface area contributed by atoms with Gasteiger partial charge in [-0.2, -0.15) is 0 Å². The summed E-state index contributed by atoms with van der Waals surface area (Å²) in [4.78, 5) is 26.4. The van der Waals surface area contributed by atoms with Gasteiger partial charge in [0.15, 0.2) is 0 Å². The van der Waals surface area contributed by atoms with Gasteiger partial charge in [-0.15, -0.1) is 0 Å². The quantitative estimate of drug-likeness (QED) is 0.518. The summed E-state index contributed by atoms with van der Waals surface area (Å²) in [7, 11) is 1.21. The number of carbonyl (C=O) groups is 2. The fraction of sp³-hybridized carbons (Fsp3) is 0.579. The largest absolute Gasteiger partial charge is 0.509 e. The highest BCUT2D eigenvalue weighted by molar-refractivity contribution is 5.79. The molecule has 0 aromatic heterocycles. The summed E-state index contributed by atoms with van der Waals surface area (Å²) in [6, 6.07) is 7.42. The molecule has 0 saturated carbocycles. The van der Waals surface area contributed by atoms with Gasteiger partial charge in [-0.25, -0.2) is 9.59 Å². The van der Waals surface area contributed by atoms with Crippen molar-refractivity contribution in [3.63, 3.8) is 0 Å². The van der Waals surface area contributed by atoms with E-state index >= 15 is 0 Å². The normalized spacial score (nSPS) is 15.9. The summed E-state index contributed by atoms with van der Waals surface area (Å²) in [5, 5.41) is 0. The third kappa shape index (κ3) is 6.00. The van der Waals surface area contributed by atoms with Crippen LogP contribution in [0.1, 0.15) is 37.0 Å². The smallest absolute Gasteiger partial charge is 0.463 e. The van der Waals surface area contributed by atoms with Gasteiger partial charge in [-0.1, -0.05) is 37.6 Å². The first-order valence-corrected chi connectivity index (χ1v) is 8.94. The molecule has 0 spiro atoms. The van der Waals surface area contributed by atoms with Crippen LogP contribution in [0.2, 0.25) is 0 Å². The standard InChI is InChI=1S/C19H27NO6/c1-3-4-11-25-18(21)17(26-19(22)23-2)16-8-6-5-7-15(16)14-20-9-12-24-13-10-20/h5-8,17H,3-4,9-14H2,1-2H3. The Balaban J connectivity index is 2.19. The molecule has 1 atom stereocenters. The van der Waals surface area contributed by atoms with E-state index in [2.05, 4.69) is 9.64 Å². The van der Waals surface area contributed by atoms with Gasteiger partial charge in [0.05, 0.1) is 26.9 Å². The van der Waals surface area contributed by atoms with Crippen LogP contribution in [0.3, 0.4) is 0 Å². The lowest BCUT2D eigenvalue weighted by atomic mass is 10.0. The van der Waals surface area contributed by atoms with Crippen molar-refractivity contribution in [3.05, 3.63) is 35.4 Å². The summed E-state index contributed by atoms with van der Waals surface area (Å²) in [5.74, 6) is -0.585. The highest BCUT2D eigenvalue weighted by Gasteiger charge is 2.29. The van der Waals surface area contributed by atoms with E-state index in [4.69, 9.17) is 14.2 Å². The van der Waals surface area contributed by atoms with Crippen LogP contribution in [0.5, 0.6) is 0 Å². The third-order valence-electron chi connectivity index (χ3n) is 4.17. The minimum absolute atomic E-state index is 0.294. The van der Waals surface area contributed by atoms with Crippen LogP contribution < -0.4 is 0 Å². The lowest BCUT2D eigenvalue weighted by molar-refractivity contribution is -0.155. The van der Waals surface area contributed by atoms with Crippen LogP contribution >= 0.6 is 0 Å². The van der Waals surface area contributed by atoms with Gasteiger partial charge in [-0.3, -0.25) is 4.90 Å². The molecule has 1 aliphatic rings. The van der Waals surface area contributed by atoms with Crippen molar-refractivity contribution in [1.82, 2.24) is 4.90 Å². The zero-order valence-corrected chi connectivity index (χ0v) is 15.4. The van der Waals surface area contributed by atoms with Crippen molar-refractivity contribution in [2.75, 3.05) is 40.0 Å². The first-order valence-electron chi connectivity index (χ1n) is 8.94. The van der Waals surface area contributed by atoms with Gasteiger partial charge in [0.1, 0.15) is 0 Å². The van der Waals surface area contributed by atoms with E-state index in [0.29, 0.717) is 31.9 Å². The molecule has 7 nitrogen and oxygen atoms in total. The first kappa shape index (κ1) is 20.2. The summed E-state index contributed by atoms with van der Waals surface area (Å²) >= 11 is 0. The van der Waals surface area contributed by atoms with Crippen molar-refractivity contribution in [2.24, 2.45) is 0 Å². The number of hydrogen-bond donors (Lipinski definition) is 0. The van der Waals surface area contributed by atoms with Gasteiger partial charge < -0.3 is 18.9 Å². The topological polar surface area (TPSA) is 74.3 Å². The Hall–Kier alpha value is -2.12. The number of carbonyl (C=O) groups excluding carboxylic acids is 2. The van der Waals surface area contributed by atoms with Gasteiger partial charge in [0, 0.05) is 25.2 Å². The molecule has 1 aliphatic heterocycles. The molecule has 1 fully saturated rings. The van der Waals surface area contributed by atoms with Gasteiger partial charge in [0.2, 0.25) is 6.10 Å². The van der Waals surface area contributed by atoms with E-state index < -0.39 is 18.2 Å². The maximum atomic E-state index is 12.5. The molecule has 0 amide bonds. The molecule has 1 saturated heterocycles. The summed E-state index contributed by atoms with van der Waals surface area (Å²) in [5.41, 5.74) is 1.53. The van der Waals surface area contributed by atoms with Crippen LogP contribution in [0.25, 0.3) is 0 Å².